The van der Waals surface area contributed by atoms with Crippen molar-refractivity contribution in [3.8, 4) is 22.3 Å². The molecule has 0 fully saturated rings. The van der Waals surface area contributed by atoms with Gasteiger partial charge in [-0.15, -0.1) is 0 Å². The van der Waals surface area contributed by atoms with Gasteiger partial charge >= 0.3 is 0 Å². The van der Waals surface area contributed by atoms with Crippen molar-refractivity contribution in [2.75, 3.05) is 0 Å². The van der Waals surface area contributed by atoms with E-state index >= 15 is 0 Å². The molecule has 57 heavy (non-hydrogen) atoms. The van der Waals surface area contributed by atoms with Crippen LogP contribution < -0.4 is 16.4 Å². The van der Waals surface area contributed by atoms with Crippen LogP contribution in [0.25, 0.3) is 22.3 Å². The molecule has 5 aromatic rings. The van der Waals surface area contributed by atoms with E-state index in [9.17, 15) is 0 Å². The van der Waals surface area contributed by atoms with Gasteiger partial charge in [0.05, 0.1) is 0 Å². The Morgan fingerprint density at radius 2 is 0.895 bits per heavy atom. The average molecular weight is 775 g/mol. The van der Waals surface area contributed by atoms with Gasteiger partial charge in [0.15, 0.2) is 0 Å². The largest absolute Gasteiger partial charge is 0.244 e. The van der Waals surface area contributed by atoms with Crippen LogP contribution in [0.3, 0.4) is 0 Å². The summed E-state index contributed by atoms with van der Waals surface area (Å²) in [5.41, 5.74) is 19.7. The Labute approximate surface area is 353 Å². The molecular weight excluding hydrogens is 703 g/mol. The molecule has 0 atom stereocenters. The second-order valence-corrected chi connectivity index (χ2v) is 22.6. The molecule has 300 valence electrons. The molecule has 2 heteroatoms. The molecule has 0 radical (unpaired) electrons. The minimum absolute atomic E-state index is 0.0534. The van der Waals surface area contributed by atoms with Gasteiger partial charge in [-0.2, -0.15) is 0 Å². The maximum atomic E-state index is 2.58. The summed E-state index contributed by atoms with van der Waals surface area (Å²) in [5.74, 6) is 0.607. The highest BCUT2D eigenvalue weighted by Gasteiger charge is 2.35. The minimum Gasteiger partial charge on any atom is -0.0911 e. The van der Waals surface area contributed by atoms with Crippen molar-refractivity contribution in [2.24, 2.45) is 0 Å². The summed E-state index contributed by atoms with van der Waals surface area (Å²) in [6.45, 7) is 37.6. The lowest BCUT2D eigenvalue weighted by Crippen LogP contribution is -2.57. The topological polar surface area (TPSA) is 0 Å². The molecule has 1 heterocycles. The average Bonchev–Trinajstić information content (AvgIpc) is 3.12. The van der Waals surface area contributed by atoms with E-state index in [1.165, 1.54) is 113 Å². The first kappa shape index (κ1) is 43.1. The predicted molar refractivity (Wildman–Crippen MR) is 256 cm³/mol. The fourth-order valence-electron chi connectivity index (χ4n) is 8.75. The lowest BCUT2D eigenvalue weighted by atomic mass is 9.35. The van der Waals surface area contributed by atoms with Gasteiger partial charge in [-0.3, -0.25) is 0 Å². The lowest BCUT2D eigenvalue weighted by molar-refractivity contribution is 0.560. The lowest BCUT2D eigenvalue weighted by Gasteiger charge is -2.31. The van der Waals surface area contributed by atoms with E-state index in [0.717, 1.165) is 0 Å². The van der Waals surface area contributed by atoms with Crippen LogP contribution in [0, 0.1) is 13.8 Å². The highest BCUT2D eigenvalue weighted by molar-refractivity contribution is 8.00. The standard InChI is InChI=1S/C55H71BS/c1-17-19-37(20-18-2)40-25-36(4)51-50(32-40)57-49-24-23-39(42-28-45(54(11,12)13)34-46(29-42)55(14,15)16)31-48(49)56(51)47-30-38(22-21-35(47)3)41-26-43(52(5,6)7)33-44(27-41)53(8,9)10/h21-34,37H,17-20H2,1-16H3. The van der Waals surface area contributed by atoms with Crippen molar-refractivity contribution in [3.05, 3.63) is 124 Å². The number of hydrogen-bond donors (Lipinski definition) is 0. The fourth-order valence-corrected chi connectivity index (χ4v) is 10.0. The Bertz CT molecular complexity index is 2100. The number of aryl methyl sites for hydroxylation is 2. The molecule has 0 spiro atoms. The van der Waals surface area contributed by atoms with Gasteiger partial charge in [0.1, 0.15) is 0 Å². The highest BCUT2D eigenvalue weighted by Crippen LogP contribution is 2.39. The second kappa shape index (κ2) is 15.9. The Balaban J connectivity index is 1.62. The molecule has 0 saturated heterocycles. The summed E-state index contributed by atoms with van der Waals surface area (Å²) < 4.78 is 0. The molecule has 6 rings (SSSR count). The molecule has 0 saturated carbocycles. The van der Waals surface area contributed by atoms with E-state index in [4.69, 9.17) is 0 Å². The van der Waals surface area contributed by atoms with Crippen molar-refractivity contribution in [2.45, 2.75) is 174 Å². The Hall–Kier alpha value is -3.49. The van der Waals surface area contributed by atoms with E-state index in [0.29, 0.717) is 5.92 Å². The summed E-state index contributed by atoms with van der Waals surface area (Å²) >= 11 is 2.00. The summed E-state index contributed by atoms with van der Waals surface area (Å²) in [6, 6.07) is 34.5. The molecule has 0 bridgehead atoms. The minimum atomic E-state index is 0.0534. The Morgan fingerprint density at radius 1 is 0.456 bits per heavy atom. The maximum absolute atomic E-state index is 2.58. The number of fused-ring (bicyclic) bond motifs is 2. The van der Waals surface area contributed by atoms with E-state index in [-0.39, 0.29) is 28.4 Å². The van der Waals surface area contributed by atoms with Crippen LogP contribution in [-0.2, 0) is 21.7 Å². The van der Waals surface area contributed by atoms with Gasteiger partial charge in [-0.05, 0) is 116 Å². The van der Waals surface area contributed by atoms with Gasteiger partial charge in [0.2, 0.25) is 6.71 Å². The predicted octanol–water partition coefficient (Wildman–Crippen LogP) is 14.5. The molecule has 5 aromatic carbocycles. The summed E-state index contributed by atoms with van der Waals surface area (Å²) in [5, 5.41) is 0. The molecule has 1 aliphatic rings. The van der Waals surface area contributed by atoms with Gasteiger partial charge in [0.25, 0.3) is 0 Å². The van der Waals surface area contributed by atoms with E-state index < -0.39 is 0 Å². The number of benzene rings is 5. The van der Waals surface area contributed by atoms with Crippen LogP contribution in [0.1, 0.15) is 167 Å². The van der Waals surface area contributed by atoms with Crippen molar-refractivity contribution in [1.82, 2.24) is 0 Å². The van der Waals surface area contributed by atoms with E-state index in [2.05, 4.69) is 196 Å². The van der Waals surface area contributed by atoms with E-state index in [1.807, 2.05) is 11.8 Å². The third-order valence-corrected chi connectivity index (χ3v) is 13.7. The monoisotopic (exact) mass is 775 g/mol. The van der Waals surface area contributed by atoms with Crippen molar-refractivity contribution < 1.29 is 0 Å². The molecule has 0 aliphatic carbocycles. The first-order valence-corrected chi connectivity index (χ1v) is 22.7. The van der Waals surface area contributed by atoms with Gasteiger partial charge < -0.3 is 0 Å². The molecule has 0 amide bonds. The smallest absolute Gasteiger partial charge is 0.0911 e. The van der Waals surface area contributed by atoms with Crippen LogP contribution in [-0.4, -0.2) is 6.71 Å². The van der Waals surface area contributed by atoms with Gasteiger partial charge in [-0.25, -0.2) is 0 Å². The Morgan fingerprint density at radius 3 is 1.33 bits per heavy atom. The first-order chi connectivity index (χ1) is 26.5. The normalized spacial score (nSPS) is 13.6. The summed E-state index contributed by atoms with van der Waals surface area (Å²) in [6.07, 6.45) is 4.93. The van der Waals surface area contributed by atoms with Crippen LogP contribution in [0.15, 0.2) is 94.7 Å². The molecular formula is C55H71BS. The van der Waals surface area contributed by atoms with Gasteiger partial charge in [-0.1, -0.05) is 222 Å². The van der Waals surface area contributed by atoms with Crippen molar-refractivity contribution in [1.29, 1.82) is 0 Å². The molecule has 0 unspecified atom stereocenters. The fraction of sp³-hybridized carbons (Fsp3) is 0.455. The third kappa shape index (κ3) is 9.23. The quantitative estimate of drug-likeness (QED) is 0.139. The maximum Gasteiger partial charge on any atom is 0.244 e. The molecule has 0 nitrogen and oxygen atoms in total. The van der Waals surface area contributed by atoms with Crippen LogP contribution in [0.5, 0.6) is 0 Å². The van der Waals surface area contributed by atoms with Crippen LogP contribution in [0.4, 0.5) is 0 Å². The Kier molecular flexibility index (Phi) is 12.1. The number of hydrogen-bond acceptors (Lipinski definition) is 1. The van der Waals surface area contributed by atoms with Crippen molar-refractivity contribution >= 4 is 34.9 Å². The van der Waals surface area contributed by atoms with Crippen molar-refractivity contribution in [3.63, 3.8) is 0 Å². The number of rotatable bonds is 8. The zero-order valence-corrected chi connectivity index (χ0v) is 39.3. The summed E-state index contributed by atoms with van der Waals surface area (Å²) in [4.78, 5) is 2.82. The van der Waals surface area contributed by atoms with E-state index in [1.54, 1.807) is 0 Å². The zero-order valence-electron chi connectivity index (χ0n) is 38.5. The SMILES string of the molecule is CCCC(CCC)c1cc(C)c2c(c1)Sc1ccc(-c3cc(C(C)(C)C)cc(C(C)(C)C)c3)cc1B2c1cc(-c2cc(C(C)(C)C)cc(C(C)(C)C)c2)ccc1C. The molecule has 1 aliphatic heterocycles. The second-order valence-electron chi connectivity index (χ2n) is 21.5. The summed E-state index contributed by atoms with van der Waals surface area (Å²) in [7, 11) is 0. The van der Waals surface area contributed by atoms with Gasteiger partial charge in [0, 0.05) is 9.79 Å². The molecule has 0 N–H and O–H groups in total. The highest BCUT2D eigenvalue weighted by atomic mass is 32.2. The first-order valence-electron chi connectivity index (χ1n) is 21.9. The zero-order chi connectivity index (χ0) is 41.8. The van der Waals surface area contributed by atoms with Crippen LogP contribution >= 0.6 is 11.8 Å². The van der Waals surface area contributed by atoms with Crippen LogP contribution in [0.2, 0.25) is 0 Å². The molecule has 0 aromatic heterocycles. The third-order valence-electron chi connectivity index (χ3n) is 12.5.